The Balaban J connectivity index is 1.62. The molecule has 0 spiro atoms. The number of amides is 2. The molecule has 6 heteroatoms. The van der Waals surface area contributed by atoms with E-state index in [1.54, 1.807) is 7.11 Å². The topological polar surface area (TPSA) is 74.4 Å². The van der Waals surface area contributed by atoms with E-state index in [4.69, 9.17) is 4.74 Å². The summed E-state index contributed by atoms with van der Waals surface area (Å²) in [5, 5.41) is 3.98. The van der Waals surface area contributed by atoms with Crippen molar-refractivity contribution in [3.63, 3.8) is 0 Å². The monoisotopic (exact) mass is 371 g/mol. The van der Waals surface area contributed by atoms with Crippen molar-refractivity contribution in [1.29, 1.82) is 0 Å². The first-order valence-corrected chi connectivity index (χ1v) is 9.65. The zero-order chi connectivity index (χ0) is 19.6. The molecule has 0 bridgehead atoms. The van der Waals surface area contributed by atoms with Gasteiger partial charge < -0.3 is 19.9 Å². The number of nitrogens with one attached hydrogen (secondary N) is 2. The van der Waals surface area contributed by atoms with Gasteiger partial charge >= 0.3 is 0 Å². The number of carbonyl (C=O) groups is 2. The maximum absolute atomic E-state index is 12.9. The molecule has 1 atom stereocenters. The van der Waals surface area contributed by atoms with Gasteiger partial charge in [-0.25, -0.2) is 0 Å². The molecule has 1 fully saturated rings. The maximum Gasteiger partial charge on any atom is 0.270 e. The lowest BCUT2D eigenvalue weighted by molar-refractivity contribution is -0.127. The van der Waals surface area contributed by atoms with Gasteiger partial charge in [0.05, 0.1) is 7.11 Å². The number of fused-ring (bicyclic) bond motifs is 1. The Bertz CT molecular complexity index is 819. The Hall–Kier alpha value is -2.50. The lowest BCUT2D eigenvalue weighted by atomic mass is 9.84. The second-order valence-electron chi connectivity index (χ2n) is 7.72. The van der Waals surface area contributed by atoms with E-state index in [9.17, 15) is 9.59 Å². The lowest BCUT2D eigenvalue weighted by Crippen LogP contribution is -2.43. The summed E-state index contributed by atoms with van der Waals surface area (Å²) in [6.07, 6.45) is 1.71. The SMILES string of the molecule is COc1ccc2cc(C(=O)N3CCC(C(C)C(=O)NC(C)C)CC3)[nH]c2c1. The van der Waals surface area contributed by atoms with Gasteiger partial charge in [-0.2, -0.15) is 0 Å². The standard InChI is InChI=1S/C21H29N3O3/c1-13(2)22-20(25)14(3)15-7-9-24(10-8-15)21(26)19-11-16-5-6-17(27-4)12-18(16)23-19/h5-6,11-15,23H,7-10H2,1-4H3,(H,22,25). The van der Waals surface area contributed by atoms with Crippen LogP contribution >= 0.6 is 0 Å². The summed E-state index contributed by atoms with van der Waals surface area (Å²) in [6, 6.07) is 7.78. The highest BCUT2D eigenvalue weighted by Crippen LogP contribution is 2.27. The molecule has 2 amide bonds. The summed E-state index contributed by atoms with van der Waals surface area (Å²) in [7, 11) is 1.63. The van der Waals surface area contributed by atoms with Crippen LogP contribution in [0.2, 0.25) is 0 Å². The zero-order valence-electron chi connectivity index (χ0n) is 16.5. The van der Waals surface area contributed by atoms with Crippen LogP contribution in [0, 0.1) is 11.8 Å². The first-order chi connectivity index (χ1) is 12.9. The summed E-state index contributed by atoms with van der Waals surface area (Å²) in [4.78, 5) is 30.2. The summed E-state index contributed by atoms with van der Waals surface area (Å²) >= 11 is 0. The third kappa shape index (κ3) is 4.26. The molecule has 1 unspecified atom stereocenters. The van der Waals surface area contributed by atoms with Crippen molar-refractivity contribution in [1.82, 2.24) is 15.2 Å². The van der Waals surface area contributed by atoms with E-state index < -0.39 is 0 Å². The number of rotatable bonds is 5. The van der Waals surface area contributed by atoms with Crippen LogP contribution in [0.25, 0.3) is 10.9 Å². The summed E-state index contributed by atoms with van der Waals surface area (Å²) < 4.78 is 5.24. The highest BCUT2D eigenvalue weighted by atomic mass is 16.5. The summed E-state index contributed by atoms with van der Waals surface area (Å²) in [6.45, 7) is 7.30. The van der Waals surface area contributed by atoms with Crippen LogP contribution in [0.5, 0.6) is 5.75 Å². The number of hydrogen-bond donors (Lipinski definition) is 2. The maximum atomic E-state index is 12.9. The molecular formula is C21H29N3O3. The number of carbonyl (C=O) groups excluding carboxylic acids is 2. The molecule has 0 saturated carbocycles. The van der Waals surface area contributed by atoms with E-state index >= 15 is 0 Å². The third-order valence-corrected chi connectivity index (χ3v) is 5.44. The average Bonchev–Trinajstić information content (AvgIpc) is 3.09. The van der Waals surface area contributed by atoms with Gasteiger partial charge in [-0.05, 0) is 50.8 Å². The minimum Gasteiger partial charge on any atom is -0.497 e. The Kier molecular flexibility index (Phi) is 5.73. The second-order valence-corrected chi connectivity index (χ2v) is 7.72. The van der Waals surface area contributed by atoms with Gasteiger partial charge in [0, 0.05) is 42.0 Å². The van der Waals surface area contributed by atoms with Crippen molar-refractivity contribution >= 4 is 22.7 Å². The fraction of sp³-hybridized carbons (Fsp3) is 0.524. The average molecular weight is 371 g/mol. The van der Waals surface area contributed by atoms with Gasteiger partial charge in [0.2, 0.25) is 5.91 Å². The predicted octanol–water partition coefficient (Wildman–Crippen LogP) is 3.19. The minimum absolute atomic E-state index is 0.0166. The normalized spacial score (nSPS) is 16.6. The van der Waals surface area contributed by atoms with E-state index in [-0.39, 0.29) is 23.8 Å². The number of ether oxygens (including phenoxy) is 1. The molecule has 1 aromatic carbocycles. The molecule has 146 valence electrons. The Morgan fingerprint density at radius 1 is 1.19 bits per heavy atom. The van der Waals surface area contributed by atoms with Crippen LogP contribution in [0.4, 0.5) is 0 Å². The Morgan fingerprint density at radius 3 is 2.52 bits per heavy atom. The van der Waals surface area contributed by atoms with E-state index in [1.807, 2.05) is 49.9 Å². The number of methoxy groups -OCH3 is 1. The van der Waals surface area contributed by atoms with Gasteiger partial charge in [0.15, 0.2) is 0 Å². The van der Waals surface area contributed by atoms with Gasteiger partial charge in [0.25, 0.3) is 5.91 Å². The van der Waals surface area contributed by atoms with Crippen molar-refractivity contribution in [3.05, 3.63) is 30.0 Å². The van der Waals surface area contributed by atoms with Crippen LogP contribution in [0.15, 0.2) is 24.3 Å². The molecule has 0 aliphatic carbocycles. The molecule has 6 nitrogen and oxygen atoms in total. The van der Waals surface area contributed by atoms with Gasteiger partial charge in [-0.1, -0.05) is 6.92 Å². The Morgan fingerprint density at radius 2 is 1.89 bits per heavy atom. The van der Waals surface area contributed by atoms with Crippen LogP contribution in [-0.2, 0) is 4.79 Å². The smallest absolute Gasteiger partial charge is 0.270 e. The van der Waals surface area contributed by atoms with Crippen LogP contribution in [0.1, 0.15) is 44.1 Å². The van der Waals surface area contributed by atoms with Crippen molar-refractivity contribution in [2.24, 2.45) is 11.8 Å². The van der Waals surface area contributed by atoms with E-state index in [0.717, 1.165) is 29.5 Å². The number of hydrogen-bond acceptors (Lipinski definition) is 3. The molecule has 2 aromatic rings. The van der Waals surface area contributed by atoms with Crippen molar-refractivity contribution < 1.29 is 14.3 Å². The fourth-order valence-electron chi connectivity index (χ4n) is 3.75. The summed E-state index contributed by atoms with van der Waals surface area (Å²) in [5.41, 5.74) is 1.49. The van der Waals surface area contributed by atoms with Crippen LogP contribution < -0.4 is 10.1 Å². The number of likely N-dealkylation sites (tertiary alicyclic amines) is 1. The number of aromatic amines is 1. The first-order valence-electron chi connectivity index (χ1n) is 9.65. The molecular weight excluding hydrogens is 342 g/mol. The van der Waals surface area contributed by atoms with Crippen molar-refractivity contribution in [2.45, 2.75) is 39.7 Å². The minimum atomic E-state index is -0.0230. The molecule has 1 aliphatic rings. The largest absolute Gasteiger partial charge is 0.497 e. The number of aromatic nitrogens is 1. The number of H-pyrrole nitrogens is 1. The number of benzene rings is 1. The van der Waals surface area contributed by atoms with Crippen LogP contribution in [0.3, 0.4) is 0 Å². The predicted molar refractivity (Wildman–Crippen MR) is 106 cm³/mol. The molecule has 2 N–H and O–H groups in total. The van der Waals surface area contributed by atoms with Crippen molar-refractivity contribution in [3.8, 4) is 5.75 Å². The Labute approximate surface area is 160 Å². The molecule has 1 saturated heterocycles. The highest BCUT2D eigenvalue weighted by molar-refractivity contribution is 5.98. The fourth-order valence-corrected chi connectivity index (χ4v) is 3.75. The zero-order valence-corrected chi connectivity index (χ0v) is 16.5. The van der Waals surface area contributed by atoms with Gasteiger partial charge in [-0.15, -0.1) is 0 Å². The van der Waals surface area contributed by atoms with Crippen molar-refractivity contribution in [2.75, 3.05) is 20.2 Å². The van der Waals surface area contributed by atoms with Gasteiger partial charge in [0.1, 0.15) is 11.4 Å². The molecule has 1 aromatic heterocycles. The molecule has 27 heavy (non-hydrogen) atoms. The van der Waals surface area contributed by atoms with E-state index in [1.165, 1.54) is 0 Å². The summed E-state index contributed by atoms with van der Waals surface area (Å²) in [5.74, 6) is 1.19. The van der Waals surface area contributed by atoms with E-state index in [2.05, 4.69) is 10.3 Å². The van der Waals surface area contributed by atoms with Gasteiger partial charge in [-0.3, -0.25) is 9.59 Å². The van der Waals surface area contributed by atoms with Crippen LogP contribution in [-0.4, -0.2) is 47.9 Å². The highest BCUT2D eigenvalue weighted by Gasteiger charge is 2.30. The number of piperidine rings is 1. The number of nitrogens with zero attached hydrogens (tertiary/aromatic N) is 1. The second kappa shape index (κ2) is 8.03. The lowest BCUT2D eigenvalue weighted by Gasteiger charge is -2.34. The quantitative estimate of drug-likeness (QED) is 0.848. The molecule has 1 aliphatic heterocycles. The molecule has 2 heterocycles. The first kappa shape index (κ1) is 19.3. The molecule has 0 radical (unpaired) electrons. The molecule has 3 rings (SSSR count). The third-order valence-electron chi connectivity index (χ3n) is 5.44. The van der Waals surface area contributed by atoms with E-state index in [0.29, 0.717) is 24.7 Å².